The number of carbonyl (C=O) groups excluding carboxylic acids is 1. The first-order chi connectivity index (χ1) is 15.0. The molecule has 0 fully saturated rings. The molecule has 4 rings (SSSR count). The first-order valence-corrected chi connectivity index (χ1v) is 10.7. The number of fused-ring (bicyclic) bond motifs is 1. The third-order valence-corrected chi connectivity index (χ3v) is 5.65. The predicted octanol–water partition coefficient (Wildman–Crippen LogP) is 5.29. The van der Waals surface area contributed by atoms with Crippen molar-refractivity contribution in [3.8, 4) is 11.1 Å². The van der Waals surface area contributed by atoms with Gasteiger partial charge in [0.1, 0.15) is 6.54 Å². The number of benzene rings is 2. The summed E-state index contributed by atoms with van der Waals surface area (Å²) in [5, 5.41) is 8.79. The molecular formula is C26H28N4O. The molecule has 2 aromatic heterocycles. The van der Waals surface area contributed by atoms with Gasteiger partial charge in [-0.3, -0.25) is 4.79 Å². The molecule has 0 aliphatic rings. The summed E-state index contributed by atoms with van der Waals surface area (Å²) in [7, 11) is 0. The smallest absolute Gasteiger partial charge is 0.242 e. The van der Waals surface area contributed by atoms with E-state index in [0.29, 0.717) is 0 Å². The third kappa shape index (κ3) is 4.36. The van der Waals surface area contributed by atoms with Crippen LogP contribution in [0.5, 0.6) is 0 Å². The summed E-state index contributed by atoms with van der Waals surface area (Å²) in [4.78, 5) is 17.4. The second-order valence-corrected chi connectivity index (χ2v) is 8.11. The van der Waals surface area contributed by atoms with Gasteiger partial charge in [0.2, 0.25) is 5.91 Å². The number of amides is 1. The van der Waals surface area contributed by atoms with E-state index < -0.39 is 0 Å². The van der Waals surface area contributed by atoms with Crippen molar-refractivity contribution in [1.29, 1.82) is 0 Å². The normalized spacial score (nSPS) is 12.1. The maximum Gasteiger partial charge on any atom is 0.242 e. The SMILES string of the molecule is CCC(NC(=O)Cn1nc(C)c2c(-c3cccc(C)c3)ccnc21)c1ccc(C)cc1. The van der Waals surface area contributed by atoms with Gasteiger partial charge in [0, 0.05) is 11.6 Å². The number of hydrogen-bond donors (Lipinski definition) is 1. The molecule has 5 nitrogen and oxygen atoms in total. The van der Waals surface area contributed by atoms with Crippen LogP contribution in [0.1, 0.15) is 41.8 Å². The minimum atomic E-state index is -0.0698. The number of rotatable bonds is 6. The quantitative estimate of drug-likeness (QED) is 0.468. The average Bonchev–Trinajstić information content (AvgIpc) is 3.08. The number of hydrogen-bond acceptors (Lipinski definition) is 3. The van der Waals surface area contributed by atoms with Gasteiger partial charge in [0.05, 0.1) is 11.7 Å². The number of nitrogens with zero attached hydrogens (tertiary/aromatic N) is 3. The van der Waals surface area contributed by atoms with Crippen LogP contribution >= 0.6 is 0 Å². The molecule has 1 N–H and O–H groups in total. The fourth-order valence-corrected chi connectivity index (χ4v) is 4.04. The number of carbonyl (C=O) groups is 1. The van der Waals surface area contributed by atoms with E-state index in [0.717, 1.165) is 39.8 Å². The zero-order valence-electron chi connectivity index (χ0n) is 18.5. The molecular weight excluding hydrogens is 384 g/mol. The minimum Gasteiger partial charge on any atom is -0.348 e. The van der Waals surface area contributed by atoms with Crippen LogP contribution in [0.4, 0.5) is 0 Å². The minimum absolute atomic E-state index is 0.0214. The Bertz CT molecular complexity index is 1220. The van der Waals surface area contributed by atoms with Gasteiger partial charge in [-0.05, 0) is 49.9 Å². The van der Waals surface area contributed by atoms with Gasteiger partial charge in [-0.1, -0.05) is 66.6 Å². The van der Waals surface area contributed by atoms with E-state index in [9.17, 15) is 4.79 Å². The van der Waals surface area contributed by atoms with Crippen molar-refractivity contribution in [2.75, 3.05) is 0 Å². The Labute approximate surface area is 183 Å². The average molecular weight is 413 g/mol. The first-order valence-electron chi connectivity index (χ1n) is 10.7. The van der Waals surface area contributed by atoms with Crippen LogP contribution in [0.3, 0.4) is 0 Å². The molecule has 0 saturated heterocycles. The Balaban J connectivity index is 1.61. The van der Waals surface area contributed by atoms with Gasteiger partial charge in [0.15, 0.2) is 5.65 Å². The van der Waals surface area contributed by atoms with Crippen molar-refractivity contribution in [1.82, 2.24) is 20.1 Å². The molecule has 1 amide bonds. The number of aryl methyl sites for hydroxylation is 3. The van der Waals surface area contributed by atoms with Crippen LogP contribution in [-0.4, -0.2) is 20.7 Å². The number of nitrogens with one attached hydrogen (secondary N) is 1. The molecule has 158 valence electrons. The largest absolute Gasteiger partial charge is 0.348 e. The second kappa shape index (κ2) is 8.72. The van der Waals surface area contributed by atoms with Crippen LogP contribution in [0.2, 0.25) is 0 Å². The lowest BCUT2D eigenvalue weighted by molar-refractivity contribution is -0.122. The highest BCUT2D eigenvalue weighted by molar-refractivity contribution is 5.95. The highest BCUT2D eigenvalue weighted by atomic mass is 16.2. The van der Waals surface area contributed by atoms with Crippen molar-refractivity contribution >= 4 is 16.9 Å². The summed E-state index contributed by atoms with van der Waals surface area (Å²) in [6, 6.07) is 18.7. The van der Waals surface area contributed by atoms with Crippen molar-refractivity contribution < 1.29 is 4.79 Å². The van der Waals surface area contributed by atoms with Gasteiger partial charge in [-0.2, -0.15) is 5.10 Å². The van der Waals surface area contributed by atoms with Crippen molar-refractivity contribution in [2.45, 2.75) is 46.7 Å². The molecule has 0 saturated carbocycles. The van der Waals surface area contributed by atoms with E-state index >= 15 is 0 Å². The van der Waals surface area contributed by atoms with Crippen LogP contribution in [0.15, 0.2) is 60.8 Å². The van der Waals surface area contributed by atoms with Crippen molar-refractivity contribution in [3.63, 3.8) is 0 Å². The van der Waals surface area contributed by atoms with Crippen LogP contribution < -0.4 is 5.32 Å². The summed E-state index contributed by atoms with van der Waals surface area (Å²) in [5.74, 6) is -0.0698. The van der Waals surface area contributed by atoms with E-state index in [1.54, 1.807) is 10.9 Å². The van der Waals surface area contributed by atoms with Gasteiger partial charge >= 0.3 is 0 Å². The van der Waals surface area contributed by atoms with Gasteiger partial charge in [-0.25, -0.2) is 9.67 Å². The van der Waals surface area contributed by atoms with Gasteiger partial charge < -0.3 is 5.32 Å². The monoisotopic (exact) mass is 412 g/mol. The maximum absolute atomic E-state index is 12.9. The zero-order valence-corrected chi connectivity index (χ0v) is 18.5. The lowest BCUT2D eigenvalue weighted by atomic mass is 10.0. The molecule has 0 aliphatic carbocycles. The molecule has 31 heavy (non-hydrogen) atoms. The molecule has 5 heteroatoms. The highest BCUT2D eigenvalue weighted by Crippen LogP contribution is 2.30. The zero-order chi connectivity index (χ0) is 22.0. The molecule has 4 aromatic rings. The Morgan fingerprint density at radius 3 is 2.52 bits per heavy atom. The van der Waals surface area contributed by atoms with Crippen molar-refractivity contribution in [2.24, 2.45) is 0 Å². The van der Waals surface area contributed by atoms with E-state index in [1.165, 1.54) is 11.1 Å². The fraction of sp³-hybridized carbons (Fsp3) is 0.269. The molecule has 0 aliphatic heterocycles. The second-order valence-electron chi connectivity index (χ2n) is 8.11. The molecule has 0 radical (unpaired) electrons. The van der Waals surface area contributed by atoms with E-state index in [-0.39, 0.29) is 18.5 Å². The lowest BCUT2D eigenvalue weighted by Gasteiger charge is -2.18. The van der Waals surface area contributed by atoms with Crippen LogP contribution in [0, 0.1) is 20.8 Å². The Hall–Kier alpha value is -3.47. The Morgan fingerprint density at radius 1 is 1.03 bits per heavy atom. The Kier molecular flexibility index (Phi) is 5.85. The highest BCUT2D eigenvalue weighted by Gasteiger charge is 2.18. The maximum atomic E-state index is 12.9. The number of aromatic nitrogens is 3. The van der Waals surface area contributed by atoms with E-state index in [4.69, 9.17) is 0 Å². The standard InChI is InChI=1S/C26H28N4O/c1-5-23(20-11-9-17(2)10-12-20)28-24(31)16-30-26-25(19(4)29-30)22(13-14-27-26)21-8-6-7-18(3)15-21/h6-15,23H,5,16H2,1-4H3,(H,28,31). The Morgan fingerprint density at radius 2 is 1.81 bits per heavy atom. The summed E-state index contributed by atoms with van der Waals surface area (Å²) >= 11 is 0. The molecule has 2 aromatic carbocycles. The van der Waals surface area contributed by atoms with Crippen LogP contribution in [0.25, 0.3) is 22.2 Å². The molecule has 0 bridgehead atoms. The molecule has 1 atom stereocenters. The molecule has 1 unspecified atom stereocenters. The van der Waals surface area contributed by atoms with Gasteiger partial charge in [0.25, 0.3) is 0 Å². The summed E-state index contributed by atoms with van der Waals surface area (Å²) < 4.78 is 1.71. The lowest BCUT2D eigenvalue weighted by Crippen LogP contribution is -2.31. The first kappa shape index (κ1) is 20.8. The third-order valence-electron chi connectivity index (χ3n) is 5.65. The summed E-state index contributed by atoms with van der Waals surface area (Å²) in [6.45, 7) is 8.33. The molecule has 2 heterocycles. The topological polar surface area (TPSA) is 59.8 Å². The fourth-order valence-electron chi connectivity index (χ4n) is 4.04. The molecule has 0 spiro atoms. The summed E-state index contributed by atoms with van der Waals surface area (Å²) in [5.41, 5.74) is 7.34. The van der Waals surface area contributed by atoms with Crippen LogP contribution in [-0.2, 0) is 11.3 Å². The predicted molar refractivity (Wildman–Crippen MR) is 125 cm³/mol. The summed E-state index contributed by atoms with van der Waals surface area (Å²) in [6.07, 6.45) is 2.61. The number of pyridine rings is 1. The van der Waals surface area contributed by atoms with Gasteiger partial charge in [-0.15, -0.1) is 0 Å². The van der Waals surface area contributed by atoms with E-state index in [2.05, 4.69) is 84.7 Å². The van der Waals surface area contributed by atoms with E-state index in [1.807, 2.05) is 13.0 Å². The van der Waals surface area contributed by atoms with Crippen molar-refractivity contribution in [3.05, 3.63) is 83.2 Å².